The molecule has 1 rings (SSSR count). The second kappa shape index (κ2) is 3.05. The van der Waals surface area contributed by atoms with Crippen LogP contribution >= 0.6 is 23.4 Å². The number of hydrazine groups is 1. The van der Waals surface area contributed by atoms with Crippen molar-refractivity contribution in [2.45, 2.75) is 0 Å². The monoisotopic (exact) mass is 177 g/mol. The number of rotatable bonds is 1. The fourth-order valence-corrected chi connectivity index (χ4v) is 0.798. The number of hydrogen-bond acceptors (Lipinski definition) is 3. The van der Waals surface area contributed by atoms with Gasteiger partial charge in [0.25, 0.3) is 0 Å². The molecule has 0 fully saturated rings. The van der Waals surface area contributed by atoms with Crippen LogP contribution in [0.15, 0.2) is 18.3 Å². The minimum Gasteiger partial charge on any atom is -0.244 e. The first kappa shape index (κ1) is 7.60. The van der Waals surface area contributed by atoms with Gasteiger partial charge >= 0.3 is 0 Å². The maximum absolute atomic E-state index is 5.54. The summed E-state index contributed by atoms with van der Waals surface area (Å²) >= 11 is 10.9. The molecule has 1 aromatic rings. The standard InChI is InChI=1S/C5H5Cl2N3/c6-5-3-4(10(7)8)1-2-9-5/h1-3H,8H2. The van der Waals surface area contributed by atoms with E-state index in [0.29, 0.717) is 10.8 Å². The third-order valence-corrected chi connectivity index (χ3v) is 1.36. The van der Waals surface area contributed by atoms with Crippen molar-refractivity contribution >= 4 is 29.1 Å². The van der Waals surface area contributed by atoms with Gasteiger partial charge < -0.3 is 0 Å². The van der Waals surface area contributed by atoms with E-state index in [9.17, 15) is 0 Å². The lowest BCUT2D eigenvalue weighted by Gasteiger charge is -2.06. The zero-order chi connectivity index (χ0) is 7.56. The number of anilines is 1. The second-order valence-electron chi connectivity index (χ2n) is 1.65. The lowest BCUT2D eigenvalue weighted by molar-refractivity contribution is 1.17. The van der Waals surface area contributed by atoms with Gasteiger partial charge in [0, 0.05) is 24.0 Å². The molecule has 0 saturated carbocycles. The van der Waals surface area contributed by atoms with Crippen LogP contribution in [0, 0.1) is 0 Å². The highest BCUT2D eigenvalue weighted by molar-refractivity contribution is 6.30. The van der Waals surface area contributed by atoms with E-state index in [-0.39, 0.29) is 0 Å². The summed E-state index contributed by atoms with van der Waals surface area (Å²) in [5.41, 5.74) is 0.613. The van der Waals surface area contributed by atoms with E-state index in [1.54, 1.807) is 12.1 Å². The van der Waals surface area contributed by atoms with E-state index in [1.165, 1.54) is 6.20 Å². The summed E-state index contributed by atoms with van der Waals surface area (Å²) in [5, 5.41) is 0.369. The number of aromatic nitrogens is 1. The molecule has 0 aliphatic rings. The zero-order valence-corrected chi connectivity index (χ0v) is 6.47. The van der Waals surface area contributed by atoms with Crippen molar-refractivity contribution in [3.63, 3.8) is 0 Å². The van der Waals surface area contributed by atoms with Crippen molar-refractivity contribution in [2.75, 3.05) is 4.53 Å². The van der Waals surface area contributed by atoms with Crippen LogP contribution in [0.25, 0.3) is 0 Å². The van der Waals surface area contributed by atoms with Gasteiger partial charge in [-0.25, -0.2) is 15.4 Å². The quantitative estimate of drug-likeness (QED) is 0.307. The number of pyridine rings is 1. The summed E-state index contributed by atoms with van der Waals surface area (Å²) in [6.45, 7) is 0. The van der Waals surface area contributed by atoms with E-state index in [2.05, 4.69) is 4.98 Å². The predicted molar refractivity (Wildman–Crippen MR) is 41.8 cm³/mol. The van der Waals surface area contributed by atoms with Crippen LogP contribution in [0.4, 0.5) is 5.69 Å². The molecule has 0 aromatic carbocycles. The molecule has 0 atom stereocenters. The third kappa shape index (κ3) is 1.73. The van der Waals surface area contributed by atoms with Crippen molar-refractivity contribution < 1.29 is 0 Å². The van der Waals surface area contributed by atoms with Gasteiger partial charge in [0.05, 0.1) is 5.69 Å². The van der Waals surface area contributed by atoms with Gasteiger partial charge in [-0.15, -0.1) is 0 Å². The van der Waals surface area contributed by atoms with Crippen LogP contribution < -0.4 is 10.4 Å². The topological polar surface area (TPSA) is 42.1 Å². The molecule has 0 amide bonds. The molecule has 0 aliphatic heterocycles. The van der Waals surface area contributed by atoms with Gasteiger partial charge in [0.15, 0.2) is 0 Å². The molecule has 10 heavy (non-hydrogen) atoms. The largest absolute Gasteiger partial charge is 0.244 e. The summed E-state index contributed by atoms with van der Waals surface area (Å²) in [4.78, 5) is 3.75. The third-order valence-electron chi connectivity index (χ3n) is 0.957. The number of hydrogen-bond donors (Lipinski definition) is 1. The van der Waals surface area contributed by atoms with Crippen molar-refractivity contribution in [3.05, 3.63) is 23.5 Å². The summed E-state index contributed by atoms with van der Waals surface area (Å²) < 4.78 is 0.952. The smallest absolute Gasteiger partial charge is 0.131 e. The summed E-state index contributed by atoms with van der Waals surface area (Å²) in [6, 6.07) is 3.22. The molecular formula is C5H5Cl2N3. The molecule has 0 aliphatic carbocycles. The molecule has 0 unspecified atom stereocenters. The van der Waals surface area contributed by atoms with Gasteiger partial charge in [-0.3, -0.25) is 0 Å². The van der Waals surface area contributed by atoms with E-state index in [0.717, 1.165) is 4.53 Å². The zero-order valence-electron chi connectivity index (χ0n) is 4.96. The molecule has 0 spiro atoms. The number of nitrogens with zero attached hydrogens (tertiary/aromatic N) is 2. The first-order valence-corrected chi connectivity index (χ1v) is 3.24. The normalized spacial score (nSPS) is 9.50. The molecule has 54 valence electrons. The second-order valence-corrected chi connectivity index (χ2v) is 2.40. The van der Waals surface area contributed by atoms with E-state index < -0.39 is 0 Å². The first-order chi connectivity index (χ1) is 4.70. The van der Waals surface area contributed by atoms with Crippen LogP contribution in [0.5, 0.6) is 0 Å². The van der Waals surface area contributed by atoms with Gasteiger partial charge in [-0.1, -0.05) is 11.6 Å². The van der Waals surface area contributed by atoms with E-state index in [4.69, 9.17) is 29.2 Å². The molecular weight excluding hydrogens is 173 g/mol. The van der Waals surface area contributed by atoms with E-state index in [1.807, 2.05) is 0 Å². The average molecular weight is 178 g/mol. The maximum atomic E-state index is 5.54. The molecule has 3 nitrogen and oxygen atoms in total. The Hall–Kier alpha value is -0.510. The van der Waals surface area contributed by atoms with E-state index >= 15 is 0 Å². The van der Waals surface area contributed by atoms with Crippen molar-refractivity contribution in [1.29, 1.82) is 0 Å². The molecule has 0 radical (unpaired) electrons. The van der Waals surface area contributed by atoms with Crippen LogP contribution in [0.1, 0.15) is 0 Å². The fourth-order valence-electron chi connectivity index (χ4n) is 0.525. The van der Waals surface area contributed by atoms with Crippen molar-refractivity contribution in [3.8, 4) is 0 Å². The molecule has 5 heteroatoms. The first-order valence-electron chi connectivity index (χ1n) is 2.52. The minimum atomic E-state index is 0.369. The minimum absolute atomic E-state index is 0.369. The summed E-state index contributed by atoms with van der Waals surface area (Å²) in [5.74, 6) is 5.19. The van der Waals surface area contributed by atoms with Gasteiger partial charge in [-0.2, -0.15) is 0 Å². The lowest BCUT2D eigenvalue weighted by atomic mass is 10.4. The SMILES string of the molecule is NN(Cl)c1ccnc(Cl)c1. The summed E-state index contributed by atoms with van der Waals surface area (Å²) in [6.07, 6.45) is 1.53. The number of nitrogens with two attached hydrogens (primary N) is 1. The highest BCUT2D eigenvalue weighted by atomic mass is 35.5. The van der Waals surface area contributed by atoms with Crippen LogP contribution in [0.2, 0.25) is 5.15 Å². The van der Waals surface area contributed by atoms with Crippen molar-refractivity contribution in [1.82, 2.24) is 4.98 Å². The Kier molecular flexibility index (Phi) is 2.32. The van der Waals surface area contributed by atoms with Crippen LogP contribution in [0.3, 0.4) is 0 Å². The van der Waals surface area contributed by atoms with Crippen LogP contribution in [-0.4, -0.2) is 4.98 Å². The van der Waals surface area contributed by atoms with Gasteiger partial charge in [0.1, 0.15) is 5.15 Å². The Balaban J connectivity index is 2.96. The van der Waals surface area contributed by atoms with Crippen LogP contribution in [-0.2, 0) is 0 Å². The highest BCUT2D eigenvalue weighted by Crippen LogP contribution is 2.15. The molecule has 0 bridgehead atoms. The summed E-state index contributed by atoms with van der Waals surface area (Å²) in [7, 11) is 0. The Morgan fingerprint density at radius 1 is 1.60 bits per heavy atom. The van der Waals surface area contributed by atoms with Crippen molar-refractivity contribution in [2.24, 2.45) is 5.84 Å². The Bertz CT molecular complexity index is 226. The Labute approximate surface area is 68.4 Å². The van der Waals surface area contributed by atoms with Gasteiger partial charge in [0.2, 0.25) is 0 Å². The average Bonchev–Trinajstić information content (AvgIpc) is 1.88. The molecule has 1 heterocycles. The Morgan fingerprint density at radius 3 is 2.70 bits per heavy atom. The lowest BCUT2D eigenvalue weighted by Crippen LogP contribution is -2.18. The maximum Gasteiger partial charge on any atom is 0.131 e. The molecule has 1 aromatic heterocycles. The number of halogens is 2. The fraction of sp³-hybridized carbons (Fsp3) is 0. The highest BCUT2D eigenvalue weighted by Gasteiger charge is 1.96. The van der Waals surface area contributed by atoms with Gasteiger partial charge in [-0.05, 0) is 6.07 Å². The molecule has 0 saturated heterocycles. The predicted octanol–water partition coefficient (Wildman–Crippen LogP) is 1.57. The molecule has 2 N–H and O–H groups in total. The Morgan fingerprint density at radius 2 is 2.30 bits per heavy atom.